The number of thiophene rings is 1. The van der Waals surface area contributed by atoms with E-state index in [0.29, 0.717) is 6.42 Å². The number of hydrogen-bond acceptors (Lipinski definition) is 4. The number of carbonyl (C=O) groups excluding carboxylic acids is 2. The molecule has 0 saturated carbocycles. The molecule has 0 radical (unpaired) electrons. The Balaban J connectivity index is 1.42. The van der Waals surface area contributed by atoms with Crippen molar-refractivity contribution in [3.63, 3.8) is 0 Å². The molecule has 7 heteroatoms. The first-order chi connectivity index (χ1) is 17.5. The molecule has 1 aliphatic heterocycles. The first-order valence-electron chi connectivity index (χ1n) is 11.9. The molecule has 0 aliphatic carbocycles. The van der Waals surface area contributed by atoms with Gasteiger partial charge in [0.05, 0.1) is 0 Å². The van der Waals surface area contributed by atoms with Crippen LogP contribution in [0, 0.1) is 0 Å². The zero-order valence-electron chi connectivity index (χ0n) is 19.6. The number of carboxylic acids is 1. The van der Waals surface area contributed by atoms with Gasteiger partial charge in [0, 0.05) is 30.2 Å². The number of fused-ring (bicyclic) bond motifs is 2. The number of amides is 2. The largest absolute Gasteiger partial charge is 0.480 e. The van der Waals surface area contributed by atoms with Crippen LogP contribution in [0.5, 0.6) is 0 Å². The topological polar surface area (TPSA) is 86.7 Å². The first-order valence-corrected chi connectivity index (χ1v) is 12.8. The summed E-state index contributed by atoms with van der Waals surface area (Å²) in [4.78, 5) is 40.6. The van der Waals surface area contributed by atoms with E-state index < -0.39 is 18.6 Å². The summed E-state index contributed by atoms with van der Waals surface area (Å²) in [7, 11) is 0. The van der Waals surface area contributed by atoms with Crippen LogP contribution in [0.25, 0.3) is 10.8 Å². The SMILES string of the molecule is O=C(O)CN1Cc2ccccc2CC(NC(=O)CC(c2ccccc2)c2scc3ccccc23)C1=O. The Morgan fingerprint density at radius 3 is 2.44 bits per heavy atom. The van der Waals surface area contributed by atoms with Gasteiger partial charge in [-0.25, -0.2) is 0 Å². The summed E-state index contributed by atoms with van der Waals surface area (Å²) in [6, 6.07) is 24.8. The summed E-state index contributed by atoms with van der Waals surface area (Å²) in [6.07, 6.45) is 0.508. The van der Waals surface area contributed by atoms with E-state index in [4.69, 9.17) is 0 Å². The molecule has 2 amide bonds. The molecule has 2 unspecified atom stereocenters. The third-order valence-corrected chi connectivity index (χ3v) is 7.75. The molecule has 0 fully saturated rings. The van der Waals surface area contributed by atoms with Crippen molar-refractivity contribution in [3.05, 3.63) is 106 Å². The van der Waals surface area contributed by atoms with Crippen LogP contribution < -0.4 is 5.32 Å². The van der Waals surface area contributed by atoms with Crippen LogP contribution in [-0.4, -0.2) is 40.4 Å². The van der Waals surface area contributed by atoms with E-state index in [1.54, 1.807) is 11.3 Å². The summed E-state index contributed by atoms with van der Waals surface area (Å²) in [5.41, 5.74) is 2.87. The highest BCUT2D eigenvalue weighted by Gasteiger charge is 2.32. The standard InChI is InChI=1S/C29H26N2O4S/c32-26(30-25-14-20-10-4-5-11-21(20)16-31(29(25)35)17-27(33)34)15-24(19-8-2-1-3-9-19)28-23-13-7-6-12-22(23)18-36-28/h1-13,18,24-25H,14-17H2,(H,30,32)(H,33,34). The average molecular weight is 499 g/mol. The van der Waals surface area contributed by atoms with Crippen LogP contribution in [0.15, 0.2) is 84.2 Å². The lowest BCUT2D eigenvalue weighted by Crippen LogP contribution is -2.49. The first kappa shape index (κ1) is 23.8. The van der Waals surface area contributed by atoms with Gasteiger partial charge in [0.1, 0.15) is 12.6 Å². The molecule has 3 aromatic carbocycles. The summed E-state index contributed by atoms with van der Waals surface area (Å²) < 4.78 is 0. The molecule has 4 aromatic rings. The molecule has 182 valence electrons. The van der Waals surface area contributed by atoms with Gasteiger partial charge in [-0.15, -0.1) is 11.3 Å². The van der Waals surface area contributed by atoms with Crippen LogP contribution >= 0.6 is 11.3 Å². The van der Waals surface area contributed by atoms with Crippen molar-refractivity contribution in [1.29, 1.82) is 0 Å². The van der Waals surface area contributed by atoms with Crippen molar-refractivity contribution < 1.29 is 19.5 Å². The normalized spacial score (nSPS) is 16.3. The molecule has 2 N–H and O–H groups in total. The zero-order valence-corrected chi connectivity index (χ0v) is 20.4. The number of nitrogens with zero attached hydrogens (tertiary/aromatic N) is 1. The van der Waals surface area contributed by atoms with E-state index in [-0.39, 0.29) is 30.7 Å². The van der Waals surface area contributed by atoms with Gasteiger partial charge in [-0.3, -0.25) is 14.4 Å². The zero-order chi connectivity index (χ0) is 25.1. The van der Waals surface area contributed by atoms with Gasteiger partial charge in [0.2, 0.25) is 11.8 Å². The molecule has 1 aliphatic rings. The molecule has 2 heterocycles. The van der Waals surface area contributed by atoms with E-state index >= 15 is 0 Å². The molecule has 2 atom stereocenters. The molecular formula is C29H26N2O4S. The van der Waals surface area contributed by atoms with Crippen LogP contribution in [0.4, 0.5) is 0 Å². The highest BCUT2D eigenvalue weighted by molar-refractivity contribution is 7.11. The van der Waals surface area contributed by atoms with E-state index in [1.807, 2.05) is 66.7 Å². The second-order valence-corrected chi connectivity index (χ2v) is 9.95. The number of benzene rings is 3. The molecule has 0 saturated heterocycles. The summed E-state index contributed by atoms with van der Waals surface area (Å²) >= 11 is 1.64. The quantitative estimate of drug-likeness (QED) is 0.391. The summed E-state index contributed by atoms with van der Waals surface area (Å²) in [5, 5.41) is 16.7. The van der Waals surface area contributed by atoms with Gasteiger partial charge in [0.25, 0.3) is 0 Å². The Labute approximate surface area is 213 Å². The van der Waals surface area contributed by atoms with Gasteiger partial charge in [-0.1, -0.05) is 78.9 Å². The summed E-state index contributed by atoms with van der Waals surface area (Å²) in [5.74, 6) is -1.87. The number of rotatable bonds is 7. The van der Waals surface area contributed by atoms with Crippen molar-refractivity contribution in [2.24, 2.45) is 0 Å². The van der Waals surface area contributed by atoms with E-state index in [2.05, 4.69) is 22.8 Å². The monoisotopic (exact) mass is 498 g/mol. The highest BCUT2D eigenvalue weighted by atomic mass is 32.1. The number of nitrogens with one attached hydrogen (secondary N) is 1. The van der Waals surface area contributed by atoms with Gasteiger partial charge < -0.3 is 15.3 Å². The maximum absolute atomic E-state index is 13.4. The van der Waals surface area contributed by atoms with Crippen molar-refractivity contribution in [3.8, 4) is 0 Å². The molecule has 36 heavy (non-hydrogen) atoms. The van der Waals surface area contributed by atoms with Gasteiger partial charge in [0.15, 0.2) is 0 Å². The predicted molar refractivity (Wildman–Crippen MR) is 140 cm³/mol. The van der Waals surface area contributed by atoms with Crippen LogP contribution in [-0.2, 0) is 27.3 Å². The lowest BCUT2D eigenvalue weighted by Gasteiger charge is -2.24. The number of hydrogen-bond donors (Lipinski definition) is 2. The highest BCUT2D eigenvalue weighted by Crippen LogP contribution is 2.38. The van der Waals surface area contributed by atoms with Crippen molar-refractivity contribution in [2.45, 2.75) is 31.3 Å². The Morgan fingerprint density at radius 2 is 1.67 bits per heavy atom. The lowest BCUT2D eigenvalue weighted by atomic mass is 9.91. The molecule has 1 aromatic heterocycles. The van der Waals surface area contributed by atoms with Gasteiger partial charge in [-0.05, 0) is 32.8 Å². The van der Waals surface area contributed by atoms with Crippen LogP contribution in [0.2, 0.25) is 0 Å². The van der Waals surface area contributed by atoms with Crippen molar-refractivity contribution in [2.75, 3.05) is 6.54 Å². The Hall–Kier alpha value is -3.97. The number of carbonyl (C=O) groups is 3. The molecule has 6 nitrogen and oxygen atoms in total. The smallest absolute Gasteiger partial charge is 0.323 e. The minimum absolute atomic E-state index is 0.167. The number of aliphatic carboxylic acids is 1. The molecule has 0 spiro atoms. The lowest BCUT2D eigenvalue weighted by molar-refractivity contribution is -0.146. The Bertz CT molecular complexity index is 1420. The van der Waals surface area contributed by atoms with Gasteiger partial charge >= 0.3 is 5.97 Å². The second kappa shape index (κ2) is 10.3. The minimum atomic E-state index is -1.08. The maximum Gasteiger partial charge on any atom is 0.323 e. The fraction of sp³-hybridized carbons (Fsp3) is 0.207. The van der Waals surface area contributed by atoms with Crippen LogP contribution in [0.1, 0.15) is 33.9 Å². The fourth-order valence-electron chi connectivity index (χ4n) is 4.90. The maximum atomic E-state index is 13.4. The van der Waals surface area contributed by atoms with Crippen molar-refractivity contribution in [1.82, 2.24) is 10.2 Å². The Morgan fingerprint density at radius 1 is 0.972 bits per heavy atom. The second-order valence-electron chi connectivity index (χ2n) is 9.04. The number of carboxylic acid groups (broad SMARTS) is 1. The van der Waals surface area contributed by atoms with Gasteiger partial charge in [-0.2, -0.15) is 0 Å². The van der Waals surface area contributed by atoms with E-state index in [1.165, 1.54) is 4.90 Å². The molecule has 5 rings (SSSR count). The fourth-order valence-corrected chi connectivity index (χ4v) is 6.06. The third-order valence-electron chi connectivity index (χ3n) is 6.62. The van der Waals surface area contributed by atoms with Crippen LogP contribution in [0.3, 0.4) is 0 Å². The minimum Gasteiger partial charge on any atom is -0.480 e. The summed E-state index contributed by atoms with van der Waals surface area (Å²) in [6.45, 7) is -0.200. The Kier molecular flexibility index (Phi) is 6.82. The van der Waals surface area contributed by atoms with Crippen molar-refractivity contribution >= 4 is 39.9 Å². The molecular weight excluding hydrogens is 472 g/mol. The van der Waals surface area contributed by atoms with E-state index in [0.717, 1.165) is 32.3 Å². The van der Waals surface area contributed by atoms with E-state index in [9.17, 15) is 19.5 Å². The predicted octanol–water partition coefficient (Wildman–Crippen LogP) is 4.58. The third kappa shape index (κ3) is 5.02. The molecule has 0 bridgehead atoms. The average Bonchev–Trinajstić information content (AvgIpc) is 3.26.